The van der Waals surface area contributed by atoms with Gasteiger partial charge in [-0.15, -0.1) is 0 Å². The van der Waals surface area contributed by atoms with Gasteiger partial charge in [-0.2, -0.15) is 0 Å². The van der Waals surface area contributed by atoms with Crippen LogP contribution in [0.1, 0.15) is 80.5 Å². The standard InChI is InChI=1S/C28H32O/c1-4-24-21(10-14-25(24)20-8-6-5-7-9-20)13-17-28(29)27-16-12-23-18-22(19(2)3)11-15-26(23)27/h5-11,14-15,18-19,24,27H,4,12-13,16-17H2,1-3H3. The largest absolute Gasteiger partial charge is 0.299 e. The fourth-order valence-corrected chi connectivity index (χ4v) is 5.07. The Bertz CT molecular complexity index is 946. The third-order valence-electron chi connectivity index (χ3n) is 6.78. The maximum atomic E-state index is 13.1. The summed E-state index contributed by atoms with van der Waals surface area (Å²) >= 11 is 0. The van der Waals surface area contributed by atoms with Crippen LogP contribution >= 0.6 is 0 Å². The summed E-state index contributed by atoms with van der Waals surface area (Å²) in [6.45, 7) is 6.72. The maximum Gasteiger partial charge on any atom is 0.140 e. The number of benzene rings is 2. The Morgan fingerprint density at radius 3 is 2.59 bits per heavy atom. The molecule has 0 spiro atoms. The first-order chi connectivity index (χ1) is 14.1. The average molecular weight is 385 g/mol. The quantitative estimate of drug-likeness (QED) is 0.492. The van der Waals surface area contributed by atoms with Crippen molar-refractivity contribution < 1.29 is 4.79 Å². The van der Waals surface area contributed by atoms with Gasteiger partial charge in [0.1, 0.15) is 5.78 Å². The SMILES string of the molecule is CCC1C(CCC(=O)C2CCc3cc(C(C)C)ccc32)=CC=C1c1ccccc1. The van der Waals surface area contributed by atoms with Gasteiger partial charge in [0.25, 0.3) is 0 Å². The second-order valence-corrected chi connectivity index (χ2v) is 8.86. The lowest BCUT2D eigenvalue weighted by Gasteiger charge is -2.19. The lowest BCUT2D eigenvalue weighted by atomic mass is 9.85. The minimum Gasteiger partial charge on any atom is -0.299 e. The molecule has 2 aliphatic carbocycles. The van der Waals surface area contributed by atoms with Crippen molar-refractivity contribution in [3.63, 3.8) is 0 Å². The summed E-state index contributed by atoms with van der Waals surface area (Å²) in [5.41, 5.74) is 8.21. The summed E-state index contributed by atoms with van der Waals surface area (Å²) in [4.78, 5) is 13.1. The summed E-state index contributed by atoms with van der Waals surface area (Å²) in [6, 6.07) is 17.4. The second-order valence-electron chi connectivity index (χ2n) is 8.86. The third kappa shape index (κ3) is 4.01. The third-order valence-corrected chi connectivity index (χ3v) is 6.78. The van der Waals surface area contributed by atoms with Crippen molar-refractivity contribution in [3.8, 4) is 0 Å². The molecule has 1 heteroatoms. The summed E-state index contributed by atoms with van der Waals surface area (Å²) in [7, 11) is 0. The van der Waals surface area contributed by atoms with Gasteiger partial charge in [-0.1, -0.05) is 87.0 Å². The number of aryl methyl sites for hydroxylation is 1. The molecule has 2 unspecified atom stereocenters. The summed E-state index contributed by atoms with van der Waals surface area (Å²) < 4.78 is 0. The first-order valence-electron chi connectivity index (χ1n) is 11.2. The number of ketones is 1. The van der Waals surface area contributed by atoms with E-state index in [9.17, 15) is 4.79 Å². The molecule has 0 saturated carbocycles. The Morgan fingerprint density at radius 2 is 1.86 bits per heavy atom. The summed E-state index contributed by atoms with van der Waals surface area (Å²) in [5, 5.41) is 0. The Labute approximate surface area is 175 Å². The van der Waals surface area contributed by atoms with Crippen LogP contribution in [-0.4, -0.2) is 5.78 Å². The maximum absolute atomic E-state index is 13.1. The number of allylic oxidation sites excluding steroid dienone is 4. The van der Waals surface area contributed by atoms with E-state index in [0.29, 0.717) is 24.0 Å². The van der Waals surface area contributed by atoms with Crippen molar-refractivity contribution in [1.82, 2.24) is 0 Å². The average Bonchev–Trinajstić information content (AvgIpc) is 3.35. The lowest BCUT2D eigenvalue weighted by Crippen LogP contribution is -2.11. The zero-order valence-electron chi connectivity index (χ0n) is 17.9. The van der Waals surface area contributed by atoms with E-state index in [-0.39, 0.29) is 5.92 Å². The molecule has 0 amide bonds. The summed E-state index contributed by atoms with van der Waals surface area (Å²) in [5.74, 6) is 1.52. The number of Topliss-reactive ketones (excluding diaryl/α,β-unsaturated/α-hetero) is 1. The van der Waals surface area contributed by atoms with Crippen LogP contribution < -0.4 is 0 Å². The smallest absolute Gasteiger partial charge is 0.140 e. The van der Waals surface area contributed by atoms with E-state index in [1.54, 1.807) is 0 Å². The molecule has 0 radical (unpaired) electrons. The first-order valence-corrected chi connectivity index (χ1v) is 11.2. The van der Waals surface area contributed by atoms with Crippen LogP contribution in [0.5, 0.6) is 0 Å². The molecule has 0 N–H and O–H groups in total. The van der Waals surface area contributed by atoms with Gasteiger partial charge in [-0.05, 0) is 59.4 Å². The highest BCUT2D eigenvalue weighted by atomic mass is 16.1. The van der Waals surface area contributed by atoms with Gasteiger partial charge in [-0.3, -0.25) is 4.79 Å². The van der Waals surface area contributed by atoms with Crippen LogP contribution in [0.4, 0.5) is 0 Å². The number of carbonyl (C=O) groups is 1. The molecule has 1 nitrogen and oxygen atoms in total. The monoisotopic (exact) mass is 384 g/mol. The van der Waals surface area contributed by atoms with Gasteiger partial charge < -0.3 is 0 Å². The van der Waals surface area contributed by atoms with E-state index in [2.05, 4.69) is 81.5 Å². The van der Waals surface area contributed by atoms with Gasteiger partial charge in [0.2, 0.25) is 0 Å². The molecule has 0 saturated heterocycles. The van der Waals surface area contributed by atoms with Gasteiger partial charge in [0, 0.05) is 18.3 Å². The normalized spacial score (nSPS) is 20.6. The van der Waals surface area contributed by atoms with E-state index in [1.165, 1.54) is 33.4 Å². The van der Waals surface area contributed by atoms with Crippen LogP contribution in [0.25, 0.3) is 5.57 Å². The van der Waals surface area contributed by atoms with Crippen LogP contribution in [-0.2, 0) is 11.2 Å². The van der Waals surface area contributed by atoms with Gasteiger partial charge in [0.15, 0.2) is 0 Å². The molecule has 0 heterocycles. The highest BCUT2D eigenvalue weighted by Gasteiger charge is 2.29. The predicted molar refractivity (Wildman–Crippen MR) is 122 cm³/mol. The molecule has 0 fully saturated rings. The van der Waals surface area contributed by atoms with Crippen molar-refractivity contribution in [2.75, 3.05) is 0 Å². The van der Waals surface area contributed by atoms with Crippen molar-refractivity contribution in [3.05, 3.63) is 88.5 Å². The van der Waals surface area contributed by atoms with Gasteiger partial charge >= 0.3 is 0 Å². The molecular formula is C28H32O. The highest BCUT2D eigenvalue weighted by molar-refractivity contribution is 5.87. The Kier molecular flexibility index (Phi) is 5.85. The predicted octanol–water partition coefficient (Wildman–Crippen LogP) is 7.24. The van der Waals surface area contributed by atoms with Gasteiger partial charge in [-0.25, -0.2) is 0 Å². The zero-order valence-corrected chi connectivity index (χ0v) is 17.9. The van der Waals surface area contributed by atoms with Gasteiger partial charge in [0.05, 0.1) is 0 Å². The molecular weight excluding hydrogens is 352 g/mol. The number of hydrogen-bond acceptors (Lipinski definition) is 1. The topological polar surface area (TPSA) is 17.1 Å². The van der Waals surface area contributed by atoms with Crippen molar-refractivity contribution in [1.29, 1.82) is 0 Å². The van der Waals surface area contributed by atoms with Crippen LogP contribution in [0, 0.1) is 5.92 Å². The number of hydrogen-bond donors (Lipinski definition) is 0. The number of fused-ring (bicyclic) bond motifs is 1. The van der Waals surface area contributed by atoms with Crippen molar-refractivity contribution in [2.45, 2.75) is 64.7 Å². The van der Waals surface area contributed by atoms with Crippen LogP contribution in [0.2, 0.25) is 0 Å². The minimum absolute atomic E-state index is 0.106. The fourth-order valence-electron chi connectivity index (χ4n) is 5.07. The summed E-state index contributed by atoms with van der Waals surface area (Å²) in [6.07, 6.45) is 9.20. The molecule has 0 aliphatic heterocycles. The Balaban J connectivity index is 1.40. The zero-order chi connectivity index (χ0) is 20.4. The fraction of sp³-hybridized carbons (Fsp3) is 0.393. The minimum atomic E-state index is 0.106. The molecule has 0 aromatic heterocycles. The van der Waals surface area contributed by atoms with Crippen molar-refractivity contribution >= 4 is 11.4 Å². The molecule has 4 rings (SSSR count). The van der Waals surface area contributed by atoms with E-state index in [1.807, 2.05) is 0 Å². The molecule has 2 atom stereocenters. The van der Waals surface area contributed by atoms with E-state index in [4.69, 9.17) is 0 Å². The first kappa shape index (κ1) is 19.9. The van der Waals surface area contributed by atoms with E-state index in [0.717, 1.165) is 25.7 Å². The Morgan fingerprint density at radius 1 is 1.07 bits per heavy atom. The molecule has 150 valence electrons. The molecule has 2 aliphatic rings. The van der Waals surface area contributed by atoms with Crippen molar-refractivity contribution in [2.24, 2.45) is 5.92 Å². The van der Waals surface area contributed by atoms with Crippen LogP contribution in [0.15, 0.2) is 66.3 Å². The number of rotatable bonds is 7. The molecule has 29 heavy (non-hydrogen) atoms. The number of carbonyl (C=O) groups excluding carboxylic acids is 1. The van der Waals surface area contributed by atoms with Crippen LogP contribution in [0.3, 0.4) is 0 Å². The molecule has 2 aromatic carbocycles. The highest BCUT2D eigenvalue weighted by Crippen LogP contribution is 2.40. The molecule has 0 bridgehead atoms. The Hall–Kier alpha value is -2.41. The molecule has 2 aromatic rings. The van der Waals surface area contributed by atoms with E-state index < -0.39 is 0 Å². The lowest BCUT2D eigenvalue weighted by molar-refractivity contribution is -0.120. The van der Waals surface area contributed by atoms with E-state index >= 15 is 0 Å². The second kappa shape index (κ2) is 8.53.